The van der Waals surface area contributed by atoms with E-state index in [-0.39, 0.29) is 22.9 Å². The summed E-state index contributed by atoms with van der Waals surface area (Å²) in [4.78, 5) is 16.0. The van der Waals surface area contributed by atoms with Crippen LogP contribution in [0.1, 0.15) is 24.0 Å². The van der Waals surface area contributed by atoms with Crippen LogP contribution < -0.4 is 0 Å². The highest BCUT2D eigenvalue weighted by atomic mass is 32.2. The molecule has 0 saturated heterocycles. The number of carbonyl (C=O) groups excluding carboxylic acids is 1. The number of ether oxygens (including phenoxy) is 1. The van der Waals surface area contributed by atoms with Crippen molar-refractivity contribution in [1.82, 2.24) is 9.55 Å². The second-order valence-electron chi connectivity index (χ2n) is 6.78. The van der Waals surface area contributed by atoms with E-state index in [1.807, 2.05) is 0 Å². The molecule has 0 aliphatic rings. The minimum Gasteiger partial charge on any atom is -0.466 e. The summed E-state index contributed by atoms with van der Waals surface area (Å²) in [6, 6.07) is 7.68. The van der Waals surface area contributed by atoms with Gasteiger partial charge < -0.3 is 9.84 Å². The van der Waals surface area contributed by atoms with Gasteiger partial charge in [0.2, 0.25) is 0 Å². The van der Waals surface area contributed by atoms with Crippen molar-refractivity contribution < 1.29 is 36.2 Å². The fourth-order valence-electron chi connectivity index (χ4n) is 3.01. The number of imidazole rings is 1. The number of esters is 1. The fourth-order valence-corrected chi connectivity index (χ4v) is 4.96. The monoisotopic (exact) mass is 488 g/mol. The van der Waals surface area contributed by atoms with E-state index < -0.39 is 40.7 Å². The van der Waals surface area contributed by atoms with Crippen LogP contribution in [0.2, 0.25) is 0 Å². The number of alkyl halides is 3. The Labute approximate surface area is 186 Å². The molecule has 12 heteroatoms. The Morgan fingerprint density at radius 1 is 1.25 bits per heavy atom. The second-order valence-corrected chi connectivity index (χ2v) is 9.83. The van der Waals surface area contributed by atoms with Crippen LogP contribution >= 0.6 is 11.3 Å². The number of aromatic nitrogens is 2. The van der Waals surface area contributed by atoms with Crippen molar-refractivity contribution in [3.05, 3.63) is 53.6 Å². The zero-order chi connectivity index (χ0) is 23.7. The number of hydrogen-bond donors (Lipinski definition) is 1. The van der Waals surface area contributed by atoms with E-state index in [4.69, 9.17) is 4.74 Å². The van der Waals surface area contributed by atoms with Gasteiger partial charge in [0.05, 0.1) is 18.1 Å². The summed E-state index contributed by atoms with van der Waals surface area (Å²) in [5.41, 5.74) is -0.380. The van der Waals surface area contributed by atoms with Crippen molar-refractivity contribution in [2.24, 2.45) is 0 Å². The van der Waals surface area contributed by atoms with Gasteiger partial charge in [-0.2, -0.15) is 13.2 Å². The molecule has 0 unspecified atom stereocenters. The number of halogens is 3. The molecule has 0 aliphatic heterocycles. The molecule has 172 valence electrons. The van der Waals surface area contributed by atoms with E-state index in [2.05, 4.69) is 4.98 Å². The lowest BCUT2D eigenvalue weighted by atomic mass is 10.1. The third kappa shape index (κ3) is 5.19. The summed E-state index contributed by atoms with van der Waals surface area (Å²) in [6.07, 6.45) is -3.31. The quantitative estimate of drug-likeness (QED) is 0.510. The minimum atomic E-state index is -4.70. The summed E-state index contributed by atoms with van der Waals surface area (Å²) >= 11 is 1.10. The van der Waals surface area contributed by atoms with Crippen LogP contribution in [0.3, 0.4) is 0 Å². The number of carbonyl (C=O) groups is 1. The standard InChI is InChI=1S/C20H19F3N2O5S2/c1-3-30-19(27)9-17-24-16(20(21,22)23)10-25(17)18-7-6-14(31-18)12-4-5-13(11-26)15(8-12)32(2,28)29/h4-8,10,26H,3,9,11H2,1-2H3. The normalized spacial score (nSPS) is 12.2. The lowest BCUT2D eigenvalue weighted by Crippen LogP contribution is -2.11. The van der Waals surface area contributed by atoms with Gasteiger partial charge >= 0.3 is 12.1 Å². The molecule has 1 N–H and O–H groups in total. The van der Waals surface area contributed by atoms with Crippen LogP contribution in [0.5, 0.6) is 0 Å². The number of benzene rings is 1. The van der Waals surface area contributed by atoms with E-state index in [1.54, 1.807) is 25.1 Å². The SMILES string of the molecule is CCOC(=O)Cc1nc(C(F)(F)F)cn1-c1ccc(-c2ccc(CO)c(S(C)(=O)=O)c2)s1. The zero-order valence-electron chi connectivity index (χ0n) is 17.0. The van der Waals surface area contributed by atoms with Crippen molar-refractivity contribution >= 4 is 27.1 Å². The molecule has 2 aromatic heterocycles. The predicted molar refractivity (Wildman–Crippen MR) is 111 cm³/mol. The highest BCUT2D eigenvalue weighted by Crippen LogP contribution is 2.35. The van der Waals surface area contributed by atoms with Crippen molar-refractivity contribution in [3.63, 3.8) is 0 Å². The van der Waals surface area contributed by atoms with Gasteiger partial charge in [-0.15, -0.1) is 11.3 Å². The molecule has 2 heterocycles. The molecule has 3 rings (SSSR count). The second kappa shape index (κ2) is 9.04. The molecule has 0 fully saturated rings. The maximum absolute atomic E-state index is 13.2. The lowest BCUT2D eigenvalue weighted by molar-refractivity contribution is -0.143. The fraction of sp³-hybridized carbons (Fsp3) is 0.300. The first-order valence-electron chi connectivity index (χ1n) is 9.29. The number of sulfone groups is 1. The van der Waals surface area contributed by atoms with Gasteiger partial charge in [0.1, 0.15) is 17.2 Å². The topological polar surface area (TPSA) is 98.5 Å². The Morgan fingerprint density at radius 3 is 2.56 bits per heavy atom. The molecular weight excluding hydrogens is 469 g/mol. The first-order chi connectivity index (χ1) is 14.9. The average Bonchev–Trinajstić information content (AvgIpc) is 3.34. The molecule has 7 nitrogen and oxygen atoms in total. The van der Waals surface area contributed by atoms with Crippen molar-refractivity contribution in [2.75, 3.05) is 12.9 Å². The van der Waals surface area contributed by atoms with Crippen molar-refractivity contribution in [1.29, 1.82) is 0 Å². The zero-order valence-corrected chi connectivity index (χ0v) is 18.6. The summed E-state index contributed by atoms with van der Waals surface area (Å²) in [5, 5.41) is 9.76. The average molecular weight is 489 g/mol. The number of nitrogens with zero attached hydrogens (tertiary/aromatic N) is 2. The Bertz CT molecular complexity index is 1250. The largest absolute Gasteiger partial charge is 0.466 e. The van der Waals surface area contributed by atoms with Gasteiger partial charge in [-0.1, -0.05) is 12.1 Å². The first-order valence-corrected chi connectivity index (χ1v) is 12.0. The van der Waals surface area contributed by atoms with Gasteiger partial charge in [0.25, 0.3) is 0 Å². The van der Waals surface area contributed by atoms with Gasteiger partial charge in [-0.25, -0.2) is 13.4 Å². The van der Waals surface area contributed by atoms with Gasteiger partial charge in [0, 0.05) is 17.3 Å². The molecule has 0 amide bonds. The van der Waals surface area contributed by atoms with Crippen LogP contribution in [0.15, 0.2) is 41.4 Å². The molecule has 0 aliphatic carbocycles. The Kier molecular flexibility index (Phi) is 6.77. The molecule has 0 spiro atoms. The van der Waals surface area contributed by atoms with Crippen molar-refractivity contribution in [3.8, 4) is 15.4 Å². The number of hydrogen-bond acceptors (Lipinski definition) is 7. The maximum atomic E-state index is 13.2. The van der Waals surface area contributed by atoms with Crippen LogP contribution in [0.25, 0.3) is 15.4 Å². The number of aliphatic hydroxyl groups excluding tert-OH is 1. The number of rotatable bonds is 7. The molecule has 0 bridgehead atoms. The molecule has 3 aromatic rings. The van der Waals surface area contributed by atoms with E-state index >= 15 is 0 Å². The van der Waals surface area contributed by atoms with E-state index in [9.17, 15) is 31.5 Å². The summed E-state index contributed by atoms with van der Waals surface area (Å²) in [5.74, 6) is -0.834. The van der Waals surface area contributed by atoms with Crippen LogP contribution in [-0.2, 0) is 38.6 Å². The summed E-state index contributed by atoms with van der Waals surface area (Å²) in [6.45, 7) is 1.22. The molecule has 0 atom stereocenters. The molecule has 1 aromatic carbocycles. The van der Waals surface area contributed by atoms with Gasteiger partial charge in [0.15, 0.2) is 15.5 Å². The molecule has 0 radical (unpaired) electrons. The third-order valence-corrected chi connectivity index (χ3v) is 6.74. The van der Waals surface area contributed by atoms with Gasteiger partial charge in [-0.05, 0) is 36.2 Å². The van der Waals surface area contributed by atoms with Crippen molar-refractivity contribution in [2.45, 2.75) is 31.0 Å². The first kappa shape index (κ1) is 24.0. The highest BCUT2D eigenvalue weighted by molar-refractivity contribution is 7.90. The minimum absolute atomic E-state index is 0.0301. The van der Waals surface area contributed by atoms with Crippen LogP contribution in [0.4, 0.5) is 13.2 Å². The molecular formula is C20H19F3N2O5S2. The Hall–Kier alpha value is -2.70. The Balaban J connectivity index is 2.05. The van der Waals surface area contributed by atoms with E-state index in [0.717, 1.165) is 23.8 Å². The molecule has 32 heavy (non-hydrogen) atoms. The number of thiophene rings is 1. The van der Waals surface area contributed by atoms with E-state index in [0.29, 0.717) is 15.4 Å². The number of aliphatic hydroxyl groups is 1. The third-order valence-electron chi connectivity index (χ3n) is 4.43. The molecule has 0 saturated carbocycles. The van der Waals surface area contributed by atoms with E-state index in [1.165, 1.54) is 16.7 Å². The van der Waals surface area contributed by atoms with Crippen LogP contribution in [0, 0.1) is 0 Å². The summed E-state index contributed by atoms with van der Waals surface area (Å²) in [7, 11) is -3.61. The van der Waals surface area contributed by atoms with Gasteiger partial charge in [-0.3, -0.25) is 9.36 Å². The highest BCUT2D eigenvalue weighted by Gasteiger charge is 2.35. The summed E-state index contributed by atoms with van der Waals surface area (Å²) < 4.78 is 69.7. The lowest BCUT2D eigenvalue weighted by Gasteiger charge is -2.08. The Morgan fingerprint density at radius 2 is 1.97 bits per heavy atom. The smallest absolute Gasteiger partial charge is 0.434 e. The maximum Gasteiger partial charge on any atom is 0.434 e. The van der Waals surface area contributed by atoms with Crippen LogP contribution in [-0.4, -0.2) is 41.9 Å². The predicted octanol–water partition coefficient (Wildman–Crippen LogP) is 3.62.